The molecule has 2 aromatic rings. The van der Waals surface area contributed by atoms with Crippen molar-refractivity contribution < 1.29 is 23.1 Å². The zero-order valence-electron chi connectivity index (χ0n) is 18.1. The second-order valence-corrected chi connectivity index (χ2v) is 9.50. The molecule has 2 heterocycles. The Morgan fingerprint density at radius 3 is 2.74 bits per heavy atom. The van der Waals surface area contributed by atoms with E-state index in [0.29, 0.717) is 18.8 Å². The van der Waals surface area contributed by atoms with Crippen molar-refractivity contribution in [2.75, 3.05) is 31.5 Å². The van der Waals surface area contributed by atoms with Crippen LogP contribution in [0.1, 0.15) is 24.2 Å². The molecular formula is C20H29N5O5S. The number of anilines is 1. The van der Waals surface area contributed by atoms with Crippen LogP contribution in [0.3, 0.4) is 0 Å². The Morgan fingerprint density at radius 1 is 1.39 bits per heavy atom. The standard InChI is InChI=1S/C20H29N5O5S/c1-13-9-25(14(2)11-26)20(27)16-7-15(5-6-17(16)30-18(13)8-21-3)23-31(28,29)19-10-24(4)12-22-19/h5-7,10,12-14,18,21,23,26H,8-9,11H2,1-4H3/t13-,14+,18+/m1/s1. The van der Waals surface area contributed by atoms with Crippen molar-refractivity contribution in [1.82, 2.24) is 19.8 Å². The second kappa shape index (κ2) is 9.25. The van der Waals surface area contributed by atoms with Crippen LogP contribution in [0.25, 0.3) is 0 Å². The number of aliphatic hydroxyl groups excluding tert-OH is 1. The highest BCUT2D eigenvalue weighted by Gasteiger charge is 2.33. The minimum Gasteiger partial charge on any atom is -0.488 e. The molecule has 3 N–H and O–H groups in total. The normalized spacial score (nSPS) is 20.4. The van der Waals surface area contributed by atoms with Crippen molar-refractivity contribution in [2.24, 2.45) is 13.0 Å². The minimum atomic E-state index is -3.91. The number of sulfonamides is 1. The van der Waals surface area contributed by atoms with E-state index in [0.717, 1.165) is 0 Å². The number of hydrogen-bond acceptors (Lipinski definition) is 7. The van der Waals surface area contributed by atoms with Gasteiger partial charge in [0.1, 0.15) is 11.9 Å². The molecule has 0 unspecified atom stereocenters. The summed E-state index contributed by atoms with van der Waals surface area (Å²) in [4.78, 5) is 18.8. The number of rotatable bonds is 7. The van der Waals surface area contributed by atoms with Crippen molar-refractivity contribution in [3.63, 3.8) is 0 Å². The van der Waals surface area contributed by atoms with Crippen LogP contribution < -0.4 is 14.8 Å². The summed E-state index contributed by atoms with van der Waals surface area (Å²) in [5.41, 5.74) is 0.450. The number of fused-ring (bicyclic) bond motifs is 1. The molecule has 10 nitrogen and oxygen atoms in total. The maximum Gasteiger partial charge on any atom is 0.280 e. The van der Waals surface area contributed by atoms with E-state index in [1.165, 1.54) is 23.2 Å². The van der Waals surface area contributed by atoms with Gasteiger partial charge in [-0.3, -0.25) is 9.52 Å². The Hall–Kier alpha value is -2.63. The number of aromatic nitrogens is 2. The van der Waals surface area contributed by atoms with Crippen molar-refractivity contribution in [3.05, 3.63) is 36.3 Å². The molecule has 0 aliphatic carbocycles. The Kier molecular flexibility index (Phi) is 6.87. The van der Waals surface area contributed by atoms with Gasteiger partial charge in [-0.05, 0) is 32.2 Å². The third kappa shape index (κ3) is 5.00. The number of aliphatic hydroxyl groups is 1. The van der Waals surface area contributed by atoms with E-state index in [2.05, 4.69) is 15.0 Å². The third-order valence-electron chi connectivity index (χ3n) is 5.28. The molecule has 0 bridgehead atoms. The van der Waals surface area contributed by atoms with E-state index in [-0.39, 0.29) is 40.8 Å². The van der Waals surface area contributed by atoms with E-state index in [1.807, 2.05) is 14.0 Å². The molecule has 31 heavy (non-hydrogen) atoms. The number of benzene rings is 1. The molecule has 0 saturated carbocycles. The maximum atomic E-state index is 13.3. The number of nitrogens with one attached hydrogen (secondary N) is 2. The third-order valence-corrected chi connectivity index (χ3v) is 6.54. The SMILES string of the molecule is CNC[C@@H]1Oc2ccc(NS(=O)(=O)c3cn(C)cn3)cc2C(=O)N([C@@H](C)CO)C[C@H]1C. The van der Waals surface area contributed by atoms with Gasteiger partial charge < -0.3 is 24.6 Å². The first kappa shape index (κ1) is 23.0. The number of hydrogen-bond donors (Lipinski definition) is 3. The van der Waals surface area contributed by atoms with Crippen molar-refractivity contribution in [3.8, 4) is 5.75 Å². The van der Waals surface area contributed by atoms with Crippen LogP contribution in [-0.2, 0) is 17.1 Å². The van der Waals surface area contributed by atoms with Crippen LogP contribution >= 0.6 is 0 Å². The lowest BCUT2D eigenvalue weighted by Crippen LogP contribution is -2.49. The molecule has 3 atom stereocenters. The zero-order chi connectivity index (χ0) is 22.8. The van der Waals surface area contributed by atoms with Crippen molar-refractivity contribution >= 4 is 21.6 Å². The summed E-state index contributed by atoms with van der Waals surface area (Å²) in [6.07, 6.45) is 2.57. The number of amides is 1. The summed E-state index contributed by atoms with van der Waals surface area (Å²) < 4.78 is 35.4. The average molecular weight is 452 g/mol. The fraction of sp³-hybridized carbons (Fsp3) is 0.500. The largest absolute Gasteiger partial charge is 0.488 e. The molecule has 11 heteroatoms. The molecule has 1 aromatic carbocycles. The van der Waals surface area contributed by atoms with Gasteiger partial charge in [0, 0.05) is 37.9 Å². The summed E-state index contributed by atoms with van der Waals surface area (Å²) in [6, 6.07) is 4.20. The number of carbonyl (C=O) groups is 1. The van der Waals surface area contributed by atoms with Crippen molar-refractivity contribution in [2.45, 2.75) is 31.0 Å². The van der Waals surface area contributed by atoms with Crippen molar-refractivity contribution in [1.29, 1.82) is 0 Å². The Morgan fingerprint density at radius 2 is 2.13 bits per heavy atom. The van der Waals surface area contributed by atoms with Crippen LogP contribution in [0.15, 0.2) is 35.7 Å². The van der Waals surface area contributed by atoms with E-state index >= 15 is 0 Å². The first-order valence-corrected chi connectivity index (χ1v) is 11.5. The van der Waals surface area contributed by atoms with Gasteiger partial charge in [0.15, 0.2) is 5.03 Å². The van der Waals surface area contributed by atoms with Gasteiger partial charge in [0.05, 0.1) is 24.5 Å². The molecule has 1 aliphatic rings. The fourth-order valence-electron chi connectivity index (χ4n) is 3.47. The van der Waals surface area contributed by atoms with Gasteiger partial charge in [-0.2, -0.15) is 8.42 Å². The highest BCUT2D eigenvalue weighted by Crippen LogP contribution is 2.31. The van der Waals surface area contributed by atoms with Gasteiger partial charge in [0.2, 0.25) is 0 Å². The van der Waals surface area contributed by atoms with Gasteiger partial charge in [-0.15, -0.1) is 0 Å². The zero-order valence-corrected chi connectivity index (χ0v) is 18.9. The number of nitrogens with zero attached hydrogens (tertiary/aromatic N) is 3. The number of aryl methyl sites for hydroxylation is 1. The van der Waals surface area contributed by atoms with Gasteiger partial charge in [-0.1, -0.05) is 6.92 Å². The maximum absolute atomic E-state index is 13.3. The second-order valence-electron chi connectivity index (χ2n) is 7.87. The highest BCUT2D eigenvalue weighted by molar-refractivity contribution is 7.92. The molecule has 1 aliphatic heterocycles. The van der Waals surface area contributed by atoms with Gasteiger partial charge in [-0.25, -0.2) is 4.98 Å². The van der Waals surface area contributed by atoms with E-state index in [9.17, 15) is 18.3 Å². The molecule has 0 saturated heterocycles. The molecule has 3 rings (SSSR count). The molecule has 170 valence electrons. The summed E-state index contributed by atoms with van der Waals surface area (Å²) in [5, 5.41) is 12.6. The smallest absolute Gasteiger partial charge is 0.280 e. The lowest BCUT2D eigenvalue weighted by molar-refractivity contribution is 0.0416. The summed E-state index contributed by atoms with van der Waals surface area (Å²) in [7, 11) is -0.416. The fourth-order valence-corrected chi connectivity index (χ4v) is 4.50. The molecule has 0 fully saturated rings. The number of ether oxygens (including phenoxy) is 1. The Bertz CT molecular complexity index is 1040. The molecule has 0 radical (unpaired) electrons. The van der Waals surface area contributed by atoms with Crippen LogP contribution in [0, 0.1) is 5.92 Å². The quantitative estimate of drug-likeness (QED) is 0.565. The monoisotopic (exact) mass is 451 g/mol. The van der Waals surface area contributed by atoms with Crippen LogP contribution in [-0.4, -0.2) is 72.8 Å². The van der Waals surface area contributed by atoms with E-state index in [1.54, 1.807) is 31.0 Å². The first-order valence-electron chi connectivity index (χ1n) is 10.0. The van der Waals surface area contributed by atoms with Crippen LogP contribution in [0.2, 0.25) is 0 Å². The van der Waals surface area contributed by atoms with Crippen LogP contribution in [0.5, 0.6) is 5.75 Å². The molecular weight excluding hydrogens is 422 g/mol. The topological polar surface area (TPSA) is 126 Å². The van der Waals surface area contributed by atoms with E-state index < -0.39 is 16.1 Å². The lowest BCUT2D eigenvalue weighted by Gasteiger charge is -2.37. The lowest BCUT2D eigenvalue weighted by atomic mass is 9.99. The Balaban J connectivity index is 2.00. The van der Waals surface area contributed by atoms with E-state index in [4.69, 9.17) is 4.74 Å². The van der Waals surface area contributed by atoms with Crippen LogP contribution in [0.4, 0.5) is 5.69 Å². The summed E-state index contributed by atoms with van der Waals surface area (Å²) in [5.74, 6) is 0.0544. The predicted molar refractivity (Wildman–Crippen MR) is 116 cm³/mol. The van der Waals surface area contributed by atoms with Gasteiger partial charge >= 0.3 is 0 Å². The first-order chi connectivity index (χ1) is 14.7. The average Bonchev–Trinajstić information content (AvgIpc) is 3.18. The Labute approximate surface area is 182 Å². The molecule has 1 amide bonds. The summed E-state index contributed by atoms with van der Waals surface area (Å²) in [6.45, 7) is 4.55. The molecule has 1 aromatic heterocycles. The predicted octanol–water partition coefficient (Wildman–Crippen LogP) is 0.660. The molecule has 0 spiro atoms. The highest BCUT2D eigenvalue weighted by atomic mass is 32.2. The summed E-state index contributed by atoms with van der Waals surface area (Å²) >= 11 is 0. The minimum absolute atomic E-state index is 0.0147. The van der Waals surface area contributed by atoms with Gasteiger partial charge in [0.25, 0.3) is 15.9 Å². The number of imidazole rings is 1. The number of likely N-dealkylation sites (N-methyl/N-ethyl adjacent to an activating group) is 1. The number of carbonyl (C=O) groups excluding carboxylic acids is 1.